The summed E-state index contributed by atoms with van der Waals surface area (Å²) in [6.07, 6.45) is 3.86. The minimum atomic E-state index is -0.581. The third kappa shape index (κ3) is 5.05. The highest BCUT2D eigenvalue weighted by Crippen LogP contribution is 2.28. The van der Waals surface area contributed by atoms with E-state index in [2.05, 4.69) is 10.5 Å². The first kappa shape index (κ1) is 20.7. The van der Waals surface area contributed by atoms with Crippen LogP contribution in [0.5, 0.6) is 11.5 Å². The first-order valence-corrected chi connectivity index (χ1v) is 9.15. The smallest absolute Gasteiger partial charge is 0.271 e. The molecule has 0 atom stereocenters. The largest absolute Gasteiger partial charge is 0.493 e. The maximum Gasteiger partial charge on any atom is 0.271 e. The Morgan fingerprint density at radius 1 is 1.03 bits per heavy atom. The Balaban J connectivity index is 1.68. The van der Waals surface area contributed by atoms with Gasteiger partial charge in [-0.1, -0.05) is 0 Å². The van der Waals surface area contributed by atoms with Crippen LogP contribution < -0.4 is 20.6 Å². The molecule has 0 fully saturated rings. The number of nitrogens with two attached hydrogens (primary N) is 1. The molecule has 8 heteroatoms. The van der Waals surface area contributed by atoms with E-state index in [9.17, 15) is 9.59 Å². The van der Waals surface area contributed by atoms with Gasteiger partial charge in [0, 0.05) is 29.2 Å². The van der Waals surface area contributed by atoms with E-state index in [4.69, 9.17) is 15.2 Å². The number of nitrogens with one attached hydrogen (secondary N) is 1. The number of rotatable bonds is 8. The zero-order chi connectivity index (χ0) is 21.5. The standard InChI is InChI=1S/C22H22N4O4/c1-15(17-7-10-19(20(13-17)29-2)30-14-21(23)27)24-25-22(28)16-5-8-18(9-6-16)26-11-3-4-12-26/h3-13H,14H2,1-2H3,(H2,23,27)(H,25,28)/b24-15+. The molecule has 0 spiro atoms. The van der Waals surface area contributed by atoms with E-state index in [0.717, 1.165) is 11.3 Å². The second kappa shape index (κ2) is 9.42. The van der Waals surface area contributed by atoms with Crippen molar-refractivity contribution in [3.8, 4) is 17.2 Å². The molecule has 0 unspecified atom stereocenters. The monoisotopic (exact) mass is 406 g/mol. The normalized spacial score (nSPS) is 11.1. The van der Waals surface area contributed by atoms with Gasteiger partial charge in [0.15, 0.2) is 18.1 Å². The summed E-state index contributed by atoms with van der Waals surface area (Å²) in [5.41, 5.74) is 10.4. The highest BCUT2D eigenvalue weighted by molar-refractivity contribution is 6.01. The minimum absolute atomic E-state index is 0.248. The number of hydrazone groups is 1. The van der Waals surface area contributed by atoms with Crippen molar-refractivity contribution in [1.29, 1.82) is 0 Å². The van der Waals surface area contributed by atoms with Crippen molar-refractivity contribution in [1.82, 2.24) is 9.99 Å². The van der Waals surface area contributed by atoms with Gasteiger partial charge in [-0.3, -0.25) is 9.59 Å². The molecule has 0 bridgehead atoms. The quantitative estimate of drug-likeness (QED) is 0.443. The van der Waals surface area contributed by atoms with Crippen molar-refractivity contribution in [3.05, 3.63) is 78.1 Å². The van der Waals surface area contributed by atoms with Crippen molar-refractivity contribution < 1.29 is 19.1 Å². The van der Waals surface area contributed by atoms with Gasteiger partial charge in [0.05, 0.1) is 12.8 Å². The van der Waals surface area contributed by atoms with Crippen LogP contribution in [0.2, 0.25) is 0 Å². The number of hydrogen-bond donors (Lipinski definition) is 2. The van der Waals surface area contributed by atoms with Crippen LogP contribution in [-0.4, -0.2) is 35.8 Å². The highest BCUT2D eigenvalue weighted by Gasteiger charge is 2.10. The number of ether oxygens (including phenoxy) is 2. The lowest BCUT2D eigenvalue weighted by atomic mass is 10.1. The molecule has 0 aliphatic carbocycles. The molecule has 0 radical (unpaired) electrons. The van der Waals surface area contributed by atoms with Gasteiger partial charge < -0.3 is 19.8 Å². The Morgan fingerprint density at radius 2 is 1.70 bits per heavy atom. The zero-order valence-corrected chi connectivity index (χ0v) is 16.7. The summed E-state index contributed by atoms with van der Waals surface area (Å²) in [6.45, 7) is 1.51. The number of benzene rings is 2. The molecule has 2 amide bonds. The van der Waals surface area contributed by atoms with E-state index in [1.807, 2.05) is 41.2 Å². The highest BCUT2D eigenvalue weighted by atomic mass is 16.5. The van der Waals surface area contributed by atoms with Gasteiger partial charge in [-0.25, -0.2) is 5.43 Å². The molecule has 154 valence electrons. The molecule has 0 aliphatic heterocycles. The SMILES string of the molecule is COc1cc(/C(C)=N/NC(=O)c2ccc(-n3cccc3)cc2)ccc1OCC(N)=O. The van der Waals surface area contributed by atoms with Gasteiger partial charge >= 0.3 is 0 Å². The second-order valence-corrected chi connectivity index (χ2v) is 6.40. The van der Waals surface area contributed by atoms with Crippen LogP contribution in [0.15, 0.2) is 72.1 Å². The van der Waals surface area contributed by atoms with Gasteiger partial charge in [-0.15, -0.1) is 0 Å². The van der Waals surface area contributed by atoms with E-state index in [1.165, 1.54) is 7.11 Å². The average Bonchev–Trinajstić information content (AvgIpc) is 3.30. The number of carbonyl (C=O) groups excluding carboxylic acids is 2. The zero-order valence-electron chi connectivity index (χ0n) is 16.7. The molecule has 3 aromatic rings. The Labute approximate surface area is 173 Å². The van der Waals surface area contributed by atoms with Crippen LogP contribution in [0.3, 0.4) is 0 Å². The Morgan fingerprint density at radius 3 is 2.33 bits per heavy atom. The topological polar surface area (TPSA) is 108 Å². The molecule has 30 heavy (non-hydrogen) atoms. The molecule has 0 saturated carbocycles. The van der Waals surface area contributed by atoms with Gasteiger partial charge in [-0.05, 0) is 61.5 Å². The lowest BCUT2D eigenvalue weighted by Gasteiger charge is -2.11. The fraction of sp³-hybridized carbons (Fsp3) is 0.136. The average molecular weight is 406 g/mol. The fourth-order valence-electron chi connectivity index (χ4n) is 2.72. The summed E-state index contributed by atoms with van der Waals surface area (Å²) < 4.78 is 12.5. The van der Waals surface area contributed by atoms with Gasteiger partial charge in [-0.2, -0.15) is 5.10 Å². The number of primary amides is 1. The van der Waals surface area contributed by atoms with E-state index in [0.29, 0.717) is 22.8 Å². The molecule has 3 N–H and O–H groups in total. The molecule has 1 aromatic heterocycles. The number of hydrogen-bond acceptors (Lipinski definition) is 5. The number of aromatic nitrogens is 1. The fourth-order valence-corrected chi connectivity index (χ4v) is 2.72. The summed E-state index contributed by atoms with van der Waals surface area (Å²) in [5.74, 6) is -0.0837. The molecule has 0 aliphatic rings. The van der Waals surface area contributed by atoms with Crippen molar-refractivity contribution in [3.63, 3.8) is 0 Å². The maximum absolute atomic E-state index is 12.4. The predicted octanol–water partition coefficient (Wildman–Crippen LogP) is 2.50. The van der Waals surface area contributed by atoms with Crippen LogP contribution in [0.1, 0.15) is 22.8 Å². The van der Waals surface area contributed by atoms with E-state index < -0.39 is 5.91 Å². The van der Waals surface area contributed by atoms with Crippen molar-refractivity contribution in [2.75, 3.05) is 13.7 Å². The molecular formula is C22H22N4O4. The lowest BCUT2D eigenvalue weighted by Crippen LogP contribution is -2.20. The third-order valence-corrected chi connectivity index (χ3v) is 4.31. The Kier molecular flexibility index (Phi) is 6.49. The summed E-state index contributed by atoms with van der Waals surface area (Å²) in [6, 6.07) is 16.2. The second-order valence-electron chi connectivity index (χ2n) is 6.40. The summed E-state index contributed by atoms with van der Waals surface area (Å²) in [4.78, 5) is 23.3. The summed E-state index contributed by atoms with van der Waals surface area (Å²) >= 11 is 0. The number of nitrogens with zero attached hydrogens (tertiary/aromatic N) is 2. The molecule has 1 heterocycles. The lowest BCUT2D eigenvalue weighted by molar-refractivity contribution is -0.119. The number of methoxy groups -OCH3 is 1. The van der Waals surface area contributed by atoms with Crippen LogP contribution >= 0.6 is 0 Å². The Hall–Kier alpha value is -4.07. The third-order valence-electron chi connectivity index (χ3n) is 4.31. The minimum Gasteiger partial charge on any atom is -0.493 e. The van der Waals surface area contributed by atoms with Crippen molar-refractivity contribution >= 4 is 17.5 Å². The van der Waals surface area contributed by atoms with E-state index in [-0.39, 0.29) is 12.5 Å². The van der Waals surface area contributed by atoms with Crippen LogP contribution in [0.4, 0.5) is 0 Å². The van der Waals surface area contributed by atoms with Crippen LogP contribution in [-0.2, 0) is 4.79 Å². The Bertz CT molecular complexity index is 1060. The molecular weight excluding hydrogens is 384 g/mol. The maximum atomic E-state index is 12.4. The number of amides is 2. The van der Waals surface area contributed by atoms with Crippen LogP contribution in [0.25, 0.3) is 5.69 Å². The van der Waals surface area contributed by atoms with Crippen molar-refractivity contribution in [2.24, 2.45) is 10.8 Å². The first-order valence-electron chi connectivity index (χ1n) is 9.15. The molecule has 0 saturated heterocycles. The van der Waals surface area contributed by atoms with Crippen LogP contribution in [0, 0.1) is 0 Å². The van der Waals surface area contributed by atoms with E-state index in [1.54, 1.807) is 37.3 Å². The van der Waals surface area contributed by atoms with Crippen molar-refractivity contribution in [2.45, 2.75) is 6.92 Å². The molecule has 8 nitrogen and oxygen atoms in total. The van der Waals surface area contributed by atoms with E-state index >= 15 is 0 Å². The predicted molar refractivity (Wildman–Crippen MR) is 113 cm³/mol. The van der Waals surface area contributed by atoms with Gasteiger partial charge in [0.2, 0.25) is 0 Å². The number of carbonyl (C=O) groups is 2. The van der Waals surface area contributed by atoms with Gasteiger partial charge in [0.25, 0.3) is 11.8 Å². The summed E-state index contributed by atoms with van der Waals surface area (Å²) in [7, 11) is 1.49. The van der Waals surface area contributed by atoms with Gasteiger partial charge in [0.1, 0.15) is 0 Å². The summed E-state index contributed by atoms with van der Waals surface area (Å²) in [5, 5.41) is 4.16. The molecule has 3 rings (SSSR count). The molecule has 2 aromatic carbocycles. The first-order chi connectivity index (χ1) is 14.5.